The van der Waals surface area contributed by atoms with Crippen LogP contribution in [0.15, 0.2) is 23.1 Å². The van der Waals surface area contributed by atoms with E-state index in [-0.39, 0.29) is 4.90 Å². The van der Waals surface area contributed by atoms with Gasteiger partial charge in [-0.2, -0.15) is 0 Å². The lowest BCUT2D eigenvalue weighted by molar-refractivity contribution is -0.117. The summed E-state index contributed by atoms with van der Waals surface area (Å²) in [4.78, 5) is 12.0. The standard InChI is InChI=1S/C12H16ClNO5S2/c1-8-7-9(21(13,18)19)5-6-10(8)14-11(15)12(2,3)20(4,16)17/h5-7H,1-4H3,(H,14,15). The maximum atomic E-state index is 12.1. The quantitative estimate of drug-likeness (QED) is 0.830. The number of sulfone groups is 1. The molecule has 0 aromatic heterocycles. The molecule has 1 aromatic rings. The minimum Gasteiger partial charge on any atom is -0.324 e. The van der Waals surface area contributed by atoms with Gasteiger partial charge >= 0.3 is 0 Å². The van der Waals surface area contributed by atoms with Crippen molar-refractivity contribution in [3.8, 4) is 0 Å². The Balaban J connectivity index is 3.14. The van der Waals surface area contributed by atoms with Crippen molar-refractivity contribution in [2.24, 2.45) is 0 Å². The molecule has 0 heterocycles. The van der Waals surface area contributed by atoms with Crippen molar-refractivity contribution in [2.75, 3.05) is 11.6 Å². The highest BCUT2D eigenvalue weighted by molar-refractivity contribution is 8.13. The molecule has 1 N–H and O–H groups in total. The second-order valence-corrected chi connectivity index (χ2v) is 10.3. The van der Waals surface area contributed by atoms with Crippen LogP contribution >= 0.6 is 10.7 Å². The number of rotatable bonds is 4. The normalized spacial score (nSPS) is 13.0. The Hall–Kier alpha value is -1.12. The SMILES string of the molecule is Cc1cc(S(=O)(=O)Cl)ccc1NC(=O)C(C)(C)S(C)(=O)=O. The zero-order chi connectivity index (χ0) is 16.6. The Morgan fingerprint density at radius 3 is 2.10 bits per heavy atom. The van der Waals surface area contributed by atoms with E-state index in [0.29, 0.717) is 11.3 Å². The minimum atomic E-state index is -3.86. The number of carbonyl (C=O) groups is 1. The summed E-state index contributed by atoms with van der Waals surface area (Å²) in [6.45, 7) is 4.17. The van der Waals surface area contributed by atoms with Gasteiger partial charge in [-0.05, 0) is 44.5 Å². The Morgan fingerprint density at radius 2 is 1.71 bits per heavy atom. The average Bonchev–Trinajstić information content (AvgIpc) is 2.28. The first kappa shape index (κ1) is 17.9. The van der Waals surface area contributed by atoms with Crippen molar-refractivity contribution in [1.29, 1.82) is 0 Å². The Kier molecular flexibility index (Phi) is 4.77. The van der Waals surface area contributed by atoms with Crippen LogP contribution in [0.1, 0.15) is 19.4 Å². The first-order valence-corrected chi connectivity index (χ1v) is 10.0. The lowest BCUT2D eigenvalue weighted by Gasteiger charge is -2.22. The van der Waals surface area contributed by atoms with Crippen LogP contribution in [-0.4, -0.2) is 33.7 Å². The van der Waals surface area contributed by atoms with Crippen LogP contribution in [0.5, 0.6) is 0 Å². The van der Waals surface area contributed by atoms with Gasteiger partial charge < -0.3 is 5.32 Å². The molecule has 21 heavy (non-hydrogen) atoms. The van der Waals surface area contributed by atoms with Gasteiger partial charge in [0.1, 0.15) is 4.75 Å². The summed E-state index contributed by atoms with van der Waals surface area (Å²) in [5.74, 6) is -0.699. The molecular formula is C12H16ClNO5S2. The number of benzene rings is 1. The number of anilines is 1. The summed E-state index contributed by atoms with van der Waals surface area (Å²) >= 11 is 0. The Bertz CT molecular complexity index is 782. The topological polar surface area (TPSA) is 97.4 Å². The molecule has 0 saturated carbocycles. The Morgan fingerprint density at radius 1 is 1.19 bits per heavy atom. The van der Waals surface area contributed by atoms with Crippen LogP contribution in [0.4, 0.5) is 5.69 Å². The van der Waals surface area contributed by atoms with Crippen LogP contribution in [0, 0.1) is 6.92 Å². The van der Waals surface area contributed by atoms with Crippen LogP contribution in [0.3, 0.4) is 0 Å². The fourth-order valence-electron chi connectivity index (χ4n) is 1.37. The lowest BCUT2D eigenvalue weighted by atomic mass is 10.1. The highest BCUT2D eigenvalue weighted by Gasteiger charge is 2.38. The minimum absolute atomic E-state index is 0.0953. The molecule has 0 aliphatic heterocycles. The first-order valence-electron chi connectivity index (χ1n) is 5.83. The zero-order valence-electron chi connectivity index (χ0n) is 12.0. The summed E-state index contributed by atoms with van der Waals surface area (Å²) < 4.78 is 44.0. The van der Waals surface area contributed by atoms with E-state index >= 15 is 0 Å². The highest BCUT2D eigenvalue weighted by Crippen LogP contribution is 2.24. The summed E-state index contributed by atoms with van der Waals surface area (Å²) in [6, 6.07) is 3.89. The number of hydrogen-bond acceptors (Lipinski definition) is 5. The predicted molar refractivity (Wildman–Crippen MR) is 81.8 cm³/mol. The van der Waals surface area contributed by atoms with E-state index in [9.17, 15) is 21.6 Å². The number of amides is 1. The maximum absolute atomic E-state index is 12.1. The molecule has 9 heteroatoms. The molecule has 118 valence electrons. The molecule has 1 amide bonds. The van der Waals surface area contributed by atoms with Crippen LogP contribution in [-0.2, 0) is 23.7 Å². The molecule has 0 radical (unpaired) electrons. The van der Waals surface area contributed by atoms with E-state index in [1.54, 1.807) is 6.92 Å². The van der Waals surface area contributed by atoms with Gasteiger partial charge in [-0.25, -0.2) is 16.8 Å². The second kappa shape index (κ2) is 5.58. The highest BCUT2D eigenvalue weighted by atomic mass is 35.7. The van der Waals surface area contributed by atoms with Crippen molar-refractivity contribution in [3.63, 3.8) is 0 Å². The average molecular weight is 354 g/mol. The molecule has 0 aliphatic rings. The van der Waals surface area contributed by atoms with E-state index in [1.165, 1.54) is 32.0 Å². The van der Waals surface area contributed by atoms with Crippen molar-refractivity contribution in [3.05, 3.63) is 23.8 Å². The van der Waals surface area contributed by atoms with Crippen molar-refractivity contribution >= 4 is 41.2 Å². The second-order valence-electron chi connectivity index (χ2n) is 5.15. The van der Waals surface area contributed by atoms with Gasteiger partial charge in [0.05, 0.1) is 4.90 Å². The van der Waals surface area contributed by atoms with Gasteiger partial charge in [-0.3, -0.25) is 4.79 Å². The molecule has 1 aromatic carbocycles. The van der Waals surface area contributed by atoms with Gasteiger partial charge in [-0.15, -0.1) is 0 Å². The third-order valence-corrected chi connectivity index (χ3v) is 6.59. The molecule has 0 aliphatic carbocycles. The number of hydrogen-bond donors (Lipinski definition) is 1. The molecular weight excluding hydrogens is 338 g/mol. The van der Waals surface area contributed by atoms with Gasteiger partial charge in [0, 0.05) is 22.6 Å². The van der Waals surface area contributed by atoms with E-state index < -0.39 is 29.5 Å². The predicted octanol–water partition coefficient (Wildman–Crippen LogP) is 1.68. The molecule has 0 atom stereocenters. The van der Waals surface area contributed by atoms with Crippen LogP contribution in [0.25, 0.3) is 0 Å². The zero-order valence-corrected chi connectivity index (χ0v) is 14.4. The van der Waals surface area contributed by atoms with E-state index in [1.807, 2.05) is 0 Å². The monoisotopic (exact) mass is 353 g/mol. The van der Waals surface area contributed by atoms with Crippen LogP contribution in [0.2, 0.25) is 0 Å². The number of nitrogens with one attached hydrogen (secondary N) is 1. The fraction of sp³-hybridized carbons (Fsp3) is 0.417. The molecule has 0 unspecified atom stereocenters. The molecule has 0 spiro atoms. The van der Waals surface area contributed by atoms with E-state index in [4.69, 9.17) is 10.7 Å². The van der Waals surface area contributed by atoms with Crippen molar-refractivity contribution in [2.45, 2.75) is 30.4 Å². The maximum Gasteiger partial charge on any atom is 0.261 e. The molecule has 0 fully saturated rings. The summed E-state index contributed by atoms with van der Waals surface area (Å²) in [5, 5.41) is 2.48. The summed E-state index contributed by atoms with van der Waals surface area (Å²) in [7, 11) is -2.23. The molecule has 1 rings (SSSR count). The largest absolute Gasteiger partial charge is 0.324 e. The fourth-order valence-corrected chi connectivity index (χ4v) is 2.59. The number of aryl methyl sites for hydroxylation is 1. The van der Waals surface area contributed by atoms with Crippen molar-refractivity contribution < 1.29 is 21.6 Å². The van der Waals surface area contributed by atoms with E-state index in [2.05, 4.69) is 5.32 Å². The molecule has 6 nitrogen and oxygen atoms in total. The third-order valence-electron chi connectivity index (χ3n) is 3.20. The van der Waals surface area contributed by atoms with Gasteiger partial charge in [-0.1, -0.05) is 0 Å². The summed E-state index contributed by atoms with van der Waals surface area (Å²) in [5.41, 5.74) is 0.773. The third kappa shape index (κ3) is 3.96. The van der Waals surface area contributed by atoms with E-state index in [0.717, 1.165) is 6.26 Å². The first-order chi connectivity index (χ1) is 9.26. The molecule has 0 bridgehead atoms. The van der Waals surface area contributed by atoms with Gasteiger partial charge in [0.15, 0.2) is 9.84 Å². The summed E-state index contributed by atoms with van der Waals surface area (Å²) in [6.07, 6.45) is 0.975. The van der Waals surface area contributed by atoms with Gasteiger partial charge in [0.2, 0.25) is 5.91 Å². The van der Waals surface area contributed by atoms with Crippen molar-refractivity contribution in [1.82, 2.24) is 0 Å². The molecule has 0 saturated heterocycles. The number of halogens is 1. The lowest BCUT2D eigenvalue weighted by Crippen LogP contribution is -2.43. The van der Waals surface area contributed by atoms with Gasteiger partial charge in [0.25, 0.3) is 9.05 Å². The smallest absolute Gasteiger partial charge is 0.261 e. The number of carbonyl (C=O) groups excluding carboxylic acids is 1. The van der Waals surface area contributed by atoms with Crippen LogP contribution < -0.4 is 5.32 Å². The Labute approximate surface area is 128 Å².